The summed E-state index contributed by atoms with van der Waals surface area (Å²) >= 11 is 3.20. The highest BCUT2D eigenvalue weighted by atomic mass is 79.9. The topological polar surface area (TPSA) is 86.9 Å². The zero-order chi connectivity index (χ0) is 13.3. The van der Waals surface area contributed by atoms with Gasteiger partial charge in [-0.15, -0.1) is 0 Å². The Kier molecular flexibility index (Phi) is 3.33. The van der Waals surface area contributed by atoms with E-state index >= 15 is 0 Å². The first kappa shape index (κ1) is 12.6. The predicted octanol–water partition coefficient (Wildman–Crippen LogP) is 1.51. The molecule has 0 saturated heterocycles. The molecule has 0 unspecified atom stereocenters. The smallest absolute Gasteiger partial charge is 0.271 e. The average molecular weight is 313 g/mol. The van der Waals surface area contributed by atoms with Crippen molar-refractivity contribution in [1.29, 1.82) is 0 Å². The Balaban J connectivity index is 2.28. The van der Waals surface area contributed by atoms with E-state index in [1.165, 1.54) is 23.0 Å². The minimum Gasteiger partial charge on any atom is -0.396 e. The van der Waals surface area contributed by atoms with Crippen molar-refractivity contribution in [2.75, 3.05) is 5.73 Å². The molecule has 2 aromatic rings. The third kappa shape index (κ3) is 2.67. The number of halogens is 2. The third-order valence-corrected chi connectivity index (χ3v) is 2.75. The fraction of sp³-hybridized carbons (Fsp3) is 0.0909. The van der Waals surface area contributed by atoms with E-state index in [9.17, 15) is 9.18 Å². The molecular formula is C11H10BrFN4O. The van der Waals surface area contributed by atoms with Crippen molar-refractivity contribution in [3.8, 4) is 0 Å². The second kappa shape index (κ2) is 4.77. The molecule has 4 N–H and O–H groups in total. The molecule has 2 rings (SSSR count). The van der Waals surface area contributed by atoms with Crippen molar-refractivity contribution < 1.29 is 9.18 Å². The molecule has 0 atom stereocenters. The molecule has 0 saturated carbocycles. The van der Waals surface area contributed by atoms with E-state index in [4.69, 9.17) is 11.5 Å². The molecule has 1 aromatic carbocycles. The van der Waals surface area contributed by atoms with Gasteiger partial charge >= 0.3 is 0 Å². The molecule has 0 radical (unpaired) electrons. The van der Waals surface area contributed by atoms with Crippen LogP contribution < -0.4 is 11.5 Å². The number of nitrogen functional groups attached to an aromatic ring is 1. The molecule has 0 fully saturated rings. The lowest BCUT2D eigenvalue weighted by Gasteiger charge is -2.03. The maximum absolute atomic E-state index is 13.2. The molecule has 94 valence electrons. The van der Waals surface area contributed by atoms with Crippen LogP contribution in [0.25, 0.3) is 0 Å². The fourth-order valence-electron chi connectivity index (χ4n) is 1.60. The molecule has 0 aliphatic carbocycles. The second-order valence-corrected chi connectivity index (χ2v) is 4.69. The van der Waals surface area contributed by atoms with Gasteiger partial charge in [0.1, 0.15) is 5.82 Å². The molecule has 0 spiro atoms. The Hall–Kier alpha value is -1.89. The van der Waals surface area contributed by atoms with E-state index in [1.807, 2.05) is 0 Å². The standard InChI is InChI=1S/C11H10BrFN4O/c12-7-1-6(2-8(13)3-7)4-17-5-9(14)10(16-17)11(15)18/h1-3,5H,4,14H2,(H2,15,18). The zero-order valence-corrected chi connectivity index (χ0v) is 10.8. The summed E-state index contributed by atoms with van der Waals surface area (Å²) in [6, 6.07) is 4.49. The number of carbonyl (C=O) groups is 1. The van der Waals surface area contributed by atoms with E-state index in [0.29, 0.717) is 16.6 Å². The van der Waals surface area contributed by atoms with Crippen molar-refractivity contribution in [3.63, 3.8) is 0 Å². The molecular weight excluding hydrogens is 303 g/mol. The largest absolute Gasteiger partial charge is 0.396 e. The van der Waals surface area contributed by atoms with Gasteiger partial charge in [-0.1, -0.05) is 15.9 Å². The lowest BCUT2D eigenvalue weighted by Crippen LogP contribution is -2.14. The molecule has 0 aliphatic heterocycles. The molecule has 1 aromatic heterocycles. The van der Waals surface area contributed by atoms with Crippen LogP contribution in [0.3, 0.4) is 0 Å². The van der Waals surface area contributed by atoms with Crippen molar-refractivity contribution in [3.05, 3.63) is 45.9 Å². The van der Waals surface area contributed by atoms with E-state index in [1.54, 1.807) is 6.07 Å². The zero-order valence-electron chi connectivity index (χ0n) is 9.23. The Labute approximate surface area is 111 Å². The maximum Gasteiger partial charge on any atom is 0.271 e. The Morgan fingerprint density at radius 3 is 2.72 bits per heavy atom. The summed E-state index contributed by atoms with van der Waals surface area (Å²) in [7, 11) is 0. The fourth-order valence-corrected chi connectivity index (χ4v) is 2.11. The lowest BCUT2D eigenvalue weighted by molar-refractivity contribution is 0.0995. The summed E-state index contributed by atoms with van der Waals surface area (Å²) in [4.78, 5) is 11.0. The molecule has 0 aliphatic rings. The molecule has 7 heteroatoms. The maximum atomic E-state index is 13.2. The number of carbonyl (C=O) groups excluding carboxylic acids is 1. The number of rotatable bonds is 3. The van der Waals surface area contributed by atoms with Crippen LogP contribution in [0.2, 0.25) is 0 Å². The Bertz CT molecular complexity index is 591. The van der Waals surface area contributed by atoms with Crippen molar-refractivity contribution in [2.24, 2.45) is 5.73 Å². The van der Waals surface area contributed by atoms with E-state index < -0.39 is 5.91 Å². The second-order valence-electron chi connectivity index (χ2n) is 3.77. The number of primary amides is 1. The number of amides is 1. The average Bonchev–Trinajstić information content (AvgIpc) is 2.57. The summed E-state index contributed by atoms with van der Waals surface area (Å²) < 4.78 is 15.3. The highest BCUT2D eigenvalue weighted by Crippen LogP contribution is 2.16. The quantitative estimate of drug-likeness (QED) is 0.900. The van der Waals surface area contributed by atoms with Crippen LogP contribution in [0.15, 0.2) is 28.9 Å². The molecule has 0 bridgehead atoms. The lowest BCUT2D eigenvalue weighted by atomic mass is 10.2. The molecule has 1 heterocycles. The number of aromatic nitrogens is 2. The number of nitrogens with zero attached hydrogens (tertiary/aromatic N) is 2. The van der Waals surface area contributed by atoms with Crippen LogP contribution in [-0.4, -0.2) is 15.7 Å². The van der Waals surface area contributed by atoms with E-state index in [-0.39, 0.29) is 17.2 Å². The van der Waals surface area contributed by atoms with Gasteiger partial charge in [-0.3, -0.25) is 9.48 Å². The van der Waals surface area contributed by atoms with Crippen molar-refractivity contribution in [2.45, 2.75) is 6.54 Å². The van der Waals surface area contributed by atoms with E-state index in [0.717, 1.165) is 0 Å². The SMILES string of the molecule is NC(=O)c1nn(Cc2cc(F)cc(Br)c2)cc1N. The van der Waals surface area contributed by atoms with Crippen LogP contribution in [0, 0.1) is 5.82 Å². The normalized spacial score (nSPS) is 10.6. The van der Waals surface area contributed by atoms with Crippen molar-refractivity contribution in [1.82, 2.24) is 9.78 Å². The van der Waals surface area contributed by atoms with Gasteiger partial charge in [0.15, 0.2) is 5.69 Å². The third-order valence-electron chi connectivity index (χ3n) is 2.29. The van der Waals surface area contributed by atoms with Crippen molar-refractivity contribution >= 4 is 27.5 Å². The number of hydrogen-bond donors (Lipinski definition) is 2. The van der Waals surface area contributed by atoms with E-state index in [2.05, 4.69) is 21.0 Å². The van der Waals surface area contributed by atoms with Gasteiger partial charge in [-0.25, -0.2) is 4.39 Å². The summed E-state index contributed by atoms with van der Waals surface area (Å²) in [5.74, 6) is -1.04. The van der Waals surface area contributed by atoms with Gasteiger partial charge in [-0.05, 0) is 23.8 Å². The highest BCUT2D eigenvalue weighted by molar-refractivity contribution is 9.10. The minimum atomic E-state index is -0.688. The first-order chi connectivity index (χ1) is 8.45. The number of nitrogens with two attached hydrogens (primary N) is 2. The van der Waals surface area contributed by atoms with Crippen LogP contribution in [-0.2, 0) is 6.54 Å². The number of hydrogen-bond acceptors (Lipinski definition) is 3. The van der Waals surface area contributed by atoms with Gasteiger partial charge in [0.2, 0.25) is 0 Å². The first-order valence-corrected chi connectivity index (χ1v) is 5.82. The Morgan fingerprint density at radius 2 is 2.17 bits per heavy atom. The van der Waals surface area contributed by atoms with Crippen LogP contribution in [0.4, 0.5) is 10.1 Å². The van der Waals surface area contributed by atoms with Crippen LogP contribution in [0.5, 0.6) is 0 Å². The summed E-state index contributed by atoms with van der Waals surface area (Å²) in [6.45, 7) is 0.299. The molecule has 5 nitrogen and oxygen atoms in total. The Morgan fingerprint density at radius 1 is 1.44 bits per heavy atom. The minimum absolute atomic E-state index is 0.0190. The number of anilines is 1. The van der Waals surface area contributed by atoms with Crippen LogP contribution >= 0.6 is 15.9 Å². The van der Waals surface area contributed by atoms with Gasteiger partial charge < -0.3 is 11.5 Å². The van der Waals surface area contributed by atoms with Gasteiger partial charge in [-0.2, -0.15) is 5.10 Å². The summed E-state index contributed by atoms with van der Waals surface area (Å²) in [5, 5.41) is 3.94. The predicted molar refractivity (Wildman–Crippen MR) is 68.4 cm³/mol. The highest BCUT2D eigenvalue weighted by Gasteiger charge is 2.11. The van der Waals surface area contributed by atoms with Gasteiger partial charge in [0.25, 0.3) is 5.91 Å². The first-order valence-electron chi connectivity index (χ1n) is 5.03. The molecule has 18 heavy (non-hydrogen) atoms. The number of benzene rings is 1. The van der Waals surface area contributed by atoms with Gasteiger partial charge in [0, 0.05) is 10.7 Å². The molecule has 1 amide bonds. The summed E-state index contributed by atoms with van der Waals surface area (Å²) in [6.07, 6.45) is 1.49. The summed E-state index contributed by atoms with van der Waals surface area (Å²) in [5.41, 5.74) is 11.6. The van der Waals surface area contributed by atoms with Crippen LogP contribution in [0.1, 0.15) is 16.1 Å². The monoisotopic (exact) mass is 312 g/mol. The van der Waals surface area contributed by atoms with Gasteiger partial charge in [0.05, 0.1) is 12.2 Å².